The Bertz CT molecular complexity index is 389. The summed E-state index contributed by atoms with van der Waals surface area (Å²) in [4.78, 5) is 12.9. The smallest absolute Gasteiger partial charge is 0.336 e. The lowest BCUT2D eigenvalue weighted by Gasteiger charge is -2.18. The third-order valence-corrected chi connectivity index (χ3v) is 2.43. The number of hydrogen-bond acceptors (Lipinski definition) is 2. The Kier molecular flexibility index (Phi) is 4.45. The molecule has 94 valence electrons. The number of carbonyl (C=O) groups is 1. The van der Waals surface area contributed by atoms with E-state index in [0.717, 1.165) is 11.9 Å². The summed E-state index contributed by atoms with van der Waals surface area (Å²) in [7, 11) is 1.14. The summed E-state index contributed by atoms with van der Waals surface area (Å²) in [6.07, 6.45) is -4.40. The number of carbonyl (C=O) groups excluding carboxylic acids is 1. The molecule has 1 aromatic rings. The predicted molar refractivity (Wildman–Crippen MR) is 61.1 cm³/mol. The number of thiol groups is 1. The number of alkyl halides is 3. The fourth-order valence-corrected chi connectivity index (χ4v) is 1.43. The highest BCUT2D eigenvalue weighted by molar-refractivity contribution is 7.80. The van der Waals surface area contributed by atoms with Crippen LogP contribution in [0.15, 0.2) is 29.2 Å². The van der Waals surface area contributed by atoms with Gasteiger partial charge in [-0.25, -0.2) is 0 Å². The van der Waals surface area contributed by atoms with Gasteiger partial charge in [-0.15, -0.1) is 12.6 Å². The van der Waals surface area contributed by atoms with Gasteiger partial charge >= 0.3 is 6.18 Å². The minimum Gasteiger partial charge on any atom is -0.336 e. The van der Waals surface area contributed by atoms with Crippen LogP contribution >= 0.6 is 12.6 Å². The molecule has 0 aliphatic heterocycles. The minimum atomic E-state index is -4.36. The zero-order chi connectivity index (χ0) is 13.1. The zero-order valence-corrected chi connectivity index (χ0v) is 10.1. The number of likely N-dealkylation sites (N-methyl/N-ethyl adjacent to an activating group) is 1. The number of hydrogen-bond donors (Lipinski definition) is 1. The molecule has 0 radical (unpaired) electrons. The molecule has 0 spiro atoms. The van der Waals surface area contributed by atoms with Crippen LogP contribution in [-0.2, 0) is 11.2 Å². The van der Waals surface area contributed by atoms with E-state index in [9.17, 15) is 18.0 Å². The third kappa shape index (κ3) is 5.12. The Balaban J connectivity index is 2.57. The summed E-state index contributed by atoms with van der Waals surface area (Å²) in [5.74, 6) is -0.561. The number of halogens is 3. The van der Waals surface area contributed by atoms with E-state index in [-0.39, 0.29) is 6.42 Å². The van der Waals surface area contributed by atoms with Gasteiger partial charge in [0.15, 0.2) is 0 Å². The molecule has 0 atom stereocenters. The quantitative estimate of drug-likeness (QED) is 0.831. The van der Waals surface area contributed by atoms with Crippen LogP contribution in [0, 0.1) is 0 Å². The molecule has 0 aliphatic carbocycles. The highest BCUT2D eigenvalue weighted by Crippen LogP contribution is 2.16. The van der Waals surface area contributed by atoms with Crippen molar-refractivity contribution in [1.82, 2.24) is 4.90 Å². The van der Waals surface area contributed by atoms with E-state index < -0.39 is 18.6 Å². The van der Waals surface area contributed by atoms with Crippen molar-refractivity contribution in [3.63, 3.8) is 0 Å². The van der Waals surface area contributed by atoms with Crippen molar-refractivity contribution in [3.05, 3.63) is 29.8 Å². The van der Waals surface area contributed by atoms with Crippen LogP contribution in [0.5, 0.6) is 0 Å². The highest BCUT2D eigenvalue weighted by atomic mass is 32.1. The molecule has 1 aromatic carbocycles. The maximum atomic E-state index is 12.1. The van der Waals surface area contributed by atoms with Crippen molar-refractivity contribution in [2.24, 2.45) is 0 Å². The van der Waals surface area contributed by atoms with Gasteiger partial charge in [-0.3, -0.25) is 4.79 Å². The lowest BCUT2D eigenvalue weighted by Crippen LogP contribution is -2.36. The van der Waals surface area contributed by atoms with E-state index in [1.165, 1.54) is 0 Å². The first-order chi connectivity index (χ1) is 7.78. The molecule has 0 heterocycles. The normalized spacial score (nSPS) is 11.4. The van der Waals surface area contributed by atoms with Crippen LogP contribution in [0.3, 0.4) is 0 Å². The van der Waals surface area contributed by atoms with Crippen molar-refractivity contribution in [3.8, 4) is 0 Å². The van der Waals surface area contributed by atoms with Gasteiger partial charge in [-0.2, -0.15) is 13.2 Å². The van der Waals surface area contributed by atoms with Crippen LogP contribution in [-0.4, -0.2) is 30.6 Å². The van der Waals surface area contributed by atoms with Crippen molar-refractivity contribution in [1.29, 1.82) is 0 Å². The molecular weight excluding hydrogens is 251 g/mol. The molecule has 0 aromatic heterocycles. The Morgan fingerprint density at radius 2 is 1.82 bits per heavy atom. The second-order valence-corrected chi connectivity index (χ2v) is 4.22. The molecule has 1 amide bonds. The topological polar surface area (TPSA) is 20.3 Å². The maximum absolute atomic E-state index is 12.1. The largest absolute Gasteiger partial charge is 0.406 e. The van der Waals surface area contributed by atoms with Gasteiger partial charge in [-0.1, -0.05) is 12.1 Å². The summed E-state index contributed by atoms with van der Waals surface area (Å²) >= 11 is 4.07. The van der Waals surface area contributed by atoms with Crippen molar-refractivity contribution in [2.45, 2.75) is 17.5 Å². The van der Waals surface area contributed by atoms with Gasteiger partial charge in [0.05, 0.1) is 6.42 Å². The van der Waals surface area contributed by atoms with E-state index in [1.807, 2.05) is 0 Å². The standard InChI is InChI=1S/C11H12F3NOS/c1-15(7-11(12,13)14)10(16)6-8-2-4-9(17)5-3-8/h2-5,17H,6-7H2,1H3. The van der Waals surface area contributed by atoms with E-state index in [4.69, 9.17) is 0 Å². The van der Waals surface area contributed by atoms with Crippen LogP contribution in [0.4, 0.5) is 13.2 Å². The minimum absolute atomic E-state index is 0.0410. The first-order valence-electron chi connectivity index (χ1n) is 4.86. The second kappa shape index (κ2) is 5.44. The lowest BCUT2D eigenvalue weighted by atomic mass is 10.1. The molecular formula is C11H12F3NOS. The Labute approximate surface area is 103 Å². The Hall–Kier alpha value is -1.17. The fourth-order valence-electron chi connectivity index (χ4n) is 1.28. The molecule has 0 N–H and O–H groups in total. The first kappa shape index (κ1) is 13.9. The van der Waals surface area contributed by atoms with Gasteiger partial charge in [0.2, 0.25) is 5.91 Å². The van der Waals surface area contributed by atoms with E-state index in [1.54, 1.807) is 24.3 Å². The number of nitrogens with zero attached hydrogens (tertiary/aromatic N) is 1. The fraction of sp³-hybridized carbons (Fsp3) is 0.364. The molecule has 0 aliphatic rings. The molecule has 6 heteroatoms. The average molecular weight is 263 g/mol. The van der Waals surface area contributed by atoms with Gasteiger partial charge in [0, 0.05) is 11.9 Å². The number of rotatable bonds is 3. The van der Waals surface area contributed by atoms with Crippen LogP contribution < -0.4 is 0 Å². The van der Waals surface area contributed by atoms with Crippen molar-refractivity contribution in [2.75, 3.05) is 13.6 Å². The molecule has 1 rings (SSSR count). The Morgan fingerprint density at radius 3 is 2.29 bits per heavy atom. The van der Waals surface area contributed by atoms with Crippen molar-refractivity contribution < 1.29 is 18.0 Å². The van der Waals surface area contributed by atoms with Crippen molar-refractivity contribution >= 4 is 18.5 Å². The van der Waals surface area contributed by atoms with Gasteiger partial charge in [-0.05, 0) is 17.7 Å². The number of amides is 1. The molecule has 0 unspecified atom stereocenters. The molecule has 2 nitrogen and oxygen atoms in total. The summed E-state index contributed by atoms with van der Waals surface area (Å²) in [6.45, 7) is -1.23. The summed E-state index contributed by atoms with van der Waals surface area (Å²) in [5, 5.41) is 0. The summed E-state index contributed by atoms with van der Waals surface area (Å²) in [6, 6.07) is 6.72. The highest BCUT2D eigenvalue weighted by Gasteiger charge is 2.30. The SMILES string of the molecule is CN(CC(F)(F)F)C(=O)Cc1ccc(S)cc1. The summed E-state index contributed by atoms with van der Waals surface area (Å²) in [5.41, 5.74) is 0.668. The van der Waals surface area contributed by atoms with E-state index >= 15 is 0 Å². The van der Waals surface area contributed by atoms with E-state index in [0.29, 0.717) is 10.5 Å². The molecule has 0 saturated heterocycles. The predicted octanol–water partition coefficient (Wildman–Crippen LogP) is 2.54. The monoisotopic (exact) mass is 263 g/mol. The van der Waals surface area contributed by atoms with Gasteiger partial charge in [0.1, 0.15) is 6.54 Å². The molecule has 0 fully saturated rings. The Morgan fingerprint density at radius 1 is 1.29 bits per heavy atom. The van der Waals surface area contributed by atoms with E-state index in [2.05, 4.69) is 12.6 Å². The molecule has 17 heavy (non-hydrogen) atoms. The third-order valence-electron chi connectivity index (χ3n) is 2.13. The lowest BCUT2D eigenvalue weighted by molar-refractivity contribution is -0.157. The van der Waals surface area contributed by atoms with Gasteiger partial charge in [0.25, 0.3) is 0 Å². The van der Waals surface area contributed by atoms with Gasteiger partial charge < -0.3 is 4.90 Å². The molecule has 0 bridgehead atoms. The van der Waals surface area contributed by atoms with Crippen LogP contribution in [0.2, 0.25) is 0 Å². The average Bonchev–Trinajstić information content (AvgIpc) is 2.19. The van der Waals surface area contributed by atoms with Crippen LogP contribution in [0.25, 0.3) is 0 Å². The summed E-state index contributed by atoms with van der Waals surface area (Å²) < 4.78 is 36.2. The second-order valence-electron chi connectivity index (χ2n) is 3.71. The molecule has 0 saturated carbocycles. The zero-order valence-electron chi connectivity index (χ0n) is 9.16. The maximum Gasteiger partial charge on any atom is 0.406 e. The number of benzene rings is 1. The first-order valence-corrected chi connectivity index (χ1v) is 5.31. The van der Waals surface area contributed by atoms with Crippen LogP contribution in [0.1, 0.15) is 5.56 Å².